The molecule has 1 N–H and O–H groups in total. The van der Waals surface area contributed by atoms with Gasteiger partial charge < -0.3 is 4.90 Å². The first-order valence-electron chi connectivity index (χ1n) is 11.6. The van der Waals surface area contributed by atoms with Crippen LogP contribution in [0.3, 0.4) is 0 Å². The van der Waals surface area contributed by atoms with E-state index in [1.165, 1.54) is 17.7 Å². The molecule has 1 saturated heterocycles. The van der Waals surface area contributed by atoms with Gasteiger partial charge in [-0.15, -0.1) is 0 Å². The molecule has 0 aromatic heterocycles. The fourth-order valence-electron chi connectivity index (χ4n) is 4.54. The summed E-state index contributed by atoms with van der Waals surface area (Å²) >= 11 is 3.30. The second-order valence-corrected chi connectivity index (χ2v) is 11.3. The standard InChI is InChI=1S/C27H24BrN3O4S/c28-20-10-12-21(13-11-20)36(34,35)29-24-25(27(33)23-9-5-4-8-22(23)26(24)32)31-16-14-30(15-17-31)18-19-6-2-1-3-7-19/h1-13,29H,14-18H2. The number of piperazine rings is 1. The lowest BCUT2D eigenvalue weighted by molar-refractivity contribution is 0.0897. The Hall–Kier alpha value is -3.27. The second kappa shape index (κ2) is 10.0. The summed E-state index contributed by atoms with van der Waals surface area (Å²) in [6.45, 7) is 3.12. The molecule has 9 heteroatoms. The van der Waals surface area contributed by atoms with Gasteiger partial charge in [-0.2, -0.15) is 0 Å². The number of carbonyl (C=O) groups excluding carboxylic acids is 2. The number of Topliss-reactive ketones (excluding diaryl/α,β-unsaturated/α-hetero) is 2. The molecule has 0 atom stereocenters. The van der Waals surface area contributed by atoms with Crippen molar-refractivity contribution in [2.24, 2.45) is 0 Å². The van der Waals surface area contributed by atoms with Crippen LogP contribution < -0.4 is 4.72 Å². The van der Waals surface area contributed by atoms with E-state index in [2.05, 4.69) is 37.7 Å². The Morgan fingerprint density at radius 2 is 1.33 bits per heavy atom. The summed E-state index contributed by atoms with van der Waals surface area (Å²) in [5, 5.41) is 0. The zero-order valence-electron chi connectivity index (χ0n) is 19.4. The molecule has 0 radical (unpaired) electrons. The summed E-state index contributed by atoms with van der Waals surface area (Å²) in [5.74, 6) is -0.859. The molecule has 36 heavy (non-hydrogen) atoms. The van der Waals surface area contributed by atoms with E-state index in [9.17, 15) is 18.0 Å². The lowest BCUT2D eigenvalue weighted by atomic mass is 9.89. The van der Waals surface area contributed by atoms with Gasteiger partial charge in [-0.1, -0.05) is 70.5 Å². The minimum Gasteiger partial charge on any atom is -0.364 e. The number of ketones is 2. The molecule has 0 bridgehead atoms. The van der Waals surface area contributed by atoms with Crippen molar-refractivity contribution in [3.63, 3.8) is 0 Å². The van der Waals surface area contributed by atoms with Crippen LogP contribution in [0.25, 0.3) is 0 Å². The fraction of sp³-hybridized carbons (Fsp3) is 0.185. The SMILES string of the molecule is O=C1C(NS(=O)(=O)c2ccc(Br)cc2)=C(N2CCN(Cc3ccccc3)CC2)C(=O)c2ccccc21. The molecule has 0 unspecified atom stereocenters. The summed E-state index contributed by atoms with van der Waals surface area (Å²) in [7, 11) is -4.10. The largest absolute Gasteiger partial charge is 0.364 e. The van der Waals surface area contributed by atoms with Crippen LogP contribution in [0.15, 0.2) is 99.6 Å². The third-order valence-electron chi connectivity index (χ3n) is 6.39. The molecule has 3 aromatic rings. The minimum atomic E-state index is -4.10. The normalized spacial score (nSPS) is 16.8. The first-order chi connectivity index (χ1) is 17.3. The number of hydrogen-bond acceptors (Lipinski definition) is 6. The van der Waals surface area contributed by atoms with E-state index in [-0.39, 0.29) is 33.2 Å². The van der Waals surface area contributed by atoms with Crippen LogP contribution in [-0.4, -0.2) is 56.0 Å². The zero-order valence-corrected chi connectivity index (χ0v) is 21.8. The number of fused-ring (bicyclic) bond motifs is 1. The average molecular weight is 566 g/mol. The predicted molar refractivity (Wildman–Crippen MR) is 140 cm³/mol. The monoisotopic (exact) mass is 565 g/mol. The van der Waals surface area contributed by atoms with E-state index in [1.54, 1.807) is 36.4 Å². The van der Waals surface area contributed by atoms with Crippen molar-refractivity contribution >= 4 is 37.5 Å². The molecule has 1 heterocycles. The number of carbonyl (C=O) groups is 2. The summed E-state index contributed by atoms with van der Waals surface area (Å²) in [6.07, 6.45) is 0. The molecule has 184 valence electrons. The van der Waals surface area contributed by atoms with Crippen molar-refractivity contribution in [3.8, 4) is 0 Å². The minimum absolute atomic E-state index is 0.00402. The third-order valence-corrected chi connectivity index (χ3v) is 8.29. The Bertz CT molecular complexity index is 1450. The van der Waals surface area contributed by atoms with Gasteiger partial charge in [0.05, 0.1) is 4.90 Å². The van der Waals surface area contributed by atoms with Crippen LogP contribution in [0, 0.1) is 0 Å². The summed E-state index contributed by atoms with van der Waals surface area (Å²) in [4.78, 5) is 31.2. The van der Waals surface area contributed by atoms with Gasteiger partial charge in [-0.25, -0.2) is 8.42 Å². The Morgan fingerprint density at radius 3 is 1.97 bits per heavy atom. The molecule has 3 aromatic carbocycles. The average Bonchev–Trinajstić information content (AvgIpc) is 2.89. The van der Waals surface area contributed by atoms with Crippen molar-refractivity contribution in [1.29, 1.82) is 0 Å². The first kappa shape index (κ1) is 24.4. The molecule has 0 amide bonds. The third kappa shape index (κ3) is 4.86. The highest BCUT2D eigenvalue weighted by Crippen LogP contribution is 2.29. The van der Waals surface area contributed by atoms with Crippen LogP contribution in [0.5, 0.6) is 0 Å². The van der Waals surface area contributed by atoms with E-state index in [4.69, 9.17) is 0 Å². The van der Waals surface area contributed by atoms with Crippen LogP contribution in [0.1, 0.15) is 26.3 Å². The highest BCUT2D eigenvalue weighted by molar-refractivity contribution is 9.10. The van der Waals surface area contributed by atoms with E-state index in [0.717, 1.165) is 11.0 Å². The summed E-state index contributed by atoms with van der Waals surface area (Å²) < 4.78 is 29.6. The lowest BCUT2D eigenvalue weighted by Gasteiger charge is -2.38. The Labute approximate surface area is 218 Å². The Morgan fingerprint density at radius 1 is 0.750 bits per heavy atom. The van der Waals surface area contributed by atoms with Gasteiger partial charge in [0.2, 0.25) is 11.6 Å². The lowest BCUT2D eigenvalue weighted by Crippen LogP contribution is -2.49. The van der Waals surface area contributed by atoms with Crippen molar-refractivity contribution in [1.82, 2.24) is 14.5 Å². The molecule has 1 fully saturated rings. The maximum atomic E-state index is 13.6. The molecule has 5 rings (SSSR count). The van der Waals surface area contributed by atoms with Crippen molar-refractivity contribution in [2.45, 2.75) is 11.4 Å². The molecule has 1 aliphatic carbocycles. The number of nitrogens with zero attached hydrogens (tertiary/aromatic N) is 2. The number of allylic oxidation sites excluding steroid dienone is 2. The van der Waals surface area contributed by atoms with Crippen LogP contribution >= 0.6 is 15.9 Å². The number of nitrogens with one attached hydrogen (secondary N) is 1. The van der Waals surface area contributed by atoms with Crippen LogP contribution in [0.4, 0.5) is 0 Å². The van der Waals surface area contributed by atoms with Gasteiger partial charge in [0, 0.05) is 48.3 Å². The molecule has 0 spiro atoms. The number of rotatable bonds is 6. The van der Waals surface area contributed by atoms with Gasteiger partial charge in [-0.3, -0.25) is 19.2 Å². The number of hydrogen-bond donors (Lipinski definition) is 1. The molecule has 0 saturated carbocycles. The van der Waals surface area contributed by atoms with E-state index < -0.39 is 15.8 Å². The van der Waals surface area contributed by atoms with Gasteiger partial charge in [0.15, 0.2) is 0 Å². The van der Waals surface area contributed by atoms with Crippen molar-refractivity contribution in [3.05, 3.63) is 111 Å². The molecule has 7 nitrogen and oxygen atoms in total. The van der Waals surface area contributed by atoms with E-state index in [0.29, 0.717) is 26.2 Å². The summed E-state index contributed by atoms with van der Waals surface area (Å²) in [5.41, 5.74) is 1.60. The number of sulfonamides is 1. The fourth-order valence-corrected chi connectivity index (χ4v) is 5.87. The molecule has 2 aliphatic rings. The molecule has 1 aliphatic heterocycles. The summed E-state index contributed by atoms with van der Waals surface area (Å²) in [6, 6.07) is 22.8. The van der Waals surface area contributed by atoms with Gasteiger partial charge >= 0.3 is 0 Å². The smallest absolute Gasteiger partial charge is 0.262 e. The van der Waals surface area contributed by atoms with Gasteiger partial charge in [0.1, 0.15) is 11.4 Å². The van der Waals surface area contributed by atoms with E-state index in [1.807, 2.05) is 23.1 Å². The van der Waals surface area contributed by atoms with Crippen LogP contribution in [-0.2, 0) is 16.6 Å². The van der Waals surface area contributed by atoms with Gasteiger partial charge in [-0.05, 0) is 29.8 Å². The maximum absolute atomic E-state index is 13.6. The maximum Gasteiger partial charge on any atom is 0.262 e. The Balaban J connectivity index is 1.46. The van der Waals surface area contributed by atoms with Gasteiger partial charge in [0.25, 0.3) is 10.0 Å². The van der Waals surface area contributed by atoms with E-state index >= 15 is 0 Å². The second-order valence-electron chi connectivity index (χ2n) is 8.74. The highest BCUT2D eigenvalue weighted by atomic mass is 79.9. The number of benzene rings is 3. The Kier molecular flexibility index (Phi) is 6.79. The predicted octanol–water partition coefficient (Wildman–Crippen LogP) is 3.84. The highest BCUT2D eigenvalue weighted by Gasteiger charge is 2.38. The molecular weight excluding hydrogens is 542 g/mol. The zero-order chi connectivity index (χ0) is 25.3. The molecular formula is C27H24BrN3O4S. The topological polar surface area (TPSA) is 86.8 Å². The quantitative estimate of drug-likeness (QED) is 0.488. The van der Waals surface area contributed by atoms with Crippen molar-refractivity contribution < 1.29 is 18.0 Å². The van der Waals surface area contributed by atoms with Crippen LogP contribution in [0.2, 0.25) is 0 Å². The first-order valence-corrected chi connectivity index (χ1v) is 13.8. The van der Waals surface area contributed by atoms with Crippen molar-refractivity contribution in [2.75, 3.05) is 26.2 Å². The number of halogens is 1.